The topological polar surface area (TPSA) is 40.5 Å². The zero-order chi connectivity index (χ0) is 10.4. The molecule has 0 bridgehead atoms. The second-order valence-electron chi connectivity index (χ2n) is 2.14. The Morgan fingerprint density at radius 3 is 2.38 bits per heavy atom. The van der Waals surface area contributed by atoms with Crippen LogP contribution in [0.5, 0.6) is 0 Å². The number of nitrogens with zero attached hydrogens (tertiary/aromatic N) is 1. The summed E-state index contributed by atoms with van der Waals surface area (Å²) in [6.07, 6.45) is -3.24. The molecule has 0 fully saturated rings. The second kappa shape index (κ2) is 5.30. The molecule has 0 rings (SSSR count). The fourth-order valence-corrected chi connectivity index (χ4v) is 0.646. The minimum atomic E-state index is -3.35. The first-order valence-electron chi connectivity index (χ1n) is 3.36. The van der Waals surface area contributed by atoms with Crippen molar-refractivity contribution in [2.24, 2.45) is 0 Å². The Kier molecular flexibility index (Phi) is 4.74. The van der Waals surface area contributed by atoms with Gasteiger partial charge in [0.25, 0.3) is 6.43 Å². The van der Waals surface area contributed by atoms with Gasteiger partial charge in [0.05, 0.1) is 0 Å². The zero-order valence-electron chi connectivity index (χ0n) is 6.58. The van der Waals surface area contributed by atoms with Gasteiger partial charge in [-0.1, -0.05) is 0 Å². The van der Waals surface area contributed by atoms with Crippen LogP contribution in [0.3, 0.4) is 0 Å². The molecule has 0 heterocycles. The van der Waals surface area contributed by atoms with Gasteiger partial charge in [-0.15, -0.1) is 12.3 Å². The van der Waals surface area contributed by atoms with Gasteiger partial charge in [0.1, 0.15) is 0 Å². The number of amides is 1. The molecule has 0 saturated carbocycles. The van der Waals surface area contributed by atoms with E-state index in [9.17, 15) is 18.0 Å². The standard InChI is InChI=1S/C7H8F3NO2/c1-2-3-4-11(7(12)13)6(10)5(8)9/h1,5-6H,3-4H2,(H,12,13). The average molecular weight is 195 g/mol. The maximum Gasteiger partial charge on any atom is 0.409 e. The lowest BCUT2D eigenvalue weighted by atomic mass is 10.4. The summed E-state index contributed by atoms with van der Waals surface area (Å²) in [4.78, 5) is 10.2. The Labute approximate surface area is 73.1 Å². The molecule has 74 valence electrons. The fraction of sp³-hybridized carbons (Fsp3) is 0.571. The predicted octanol–water partition coefficient (Wildman–Crippen LogP) is 1.55. The molecule has 13 heavy (non-hydrogen) atoms. The summed E-state index contributed by atoms with van der Waals surface area (Å²) in [6.45, 7) is -0.433. The van der Waals surface area contributed by atoms with Crippen LogP contribution in [0.25, 0.3) is 0 Å². The van der Waals surface area contributed by atoms with Crippen LogP contribution in [0.4, 0.5) is 18.0 Å². The average Bonchev–Trinajstić information content (AvgIpc) is 2.04. The highest BCUT2D eigenvalue weighted by molar-refractivity contribution is 5.65. The molecular weight excluding hydrogens is 187 g/mol. The first-order chi connectivity index (χ1) is 6.00. The van der Waals surface area contributed by atoms with Gasteiger partial charge in [-0.25, -0.2) is 18.0 Å². The SMILES string of the molecule is C#CCCN(C(=O)O)C(F)C(F)F. The highest BCUT2D eigenvalue weighted by Gasteiger charge is 2.30. The molecule has 0 aliphatic rings. The molecule has 0 saturated heterocycles. The van der Waals surface area contributed by atoms with Crippen molar-refractivity contribution in [3.8, 4) is 12.3 Å². The first kappa shape index (κ1) is 11.6. The number of terminal acetylenes is 1. The molecule has 6 heteroatoms. The molecule has 0 aromatic rings. The summed E-state index contributed by atoms with van der Waals surface area (Å²) in [5.41, 5.74) is 0. The van der Waals surface area contributed by atoms with Crippen molar-refractivity contribution in [1.29, 1.82) is 0 Å². The van der Waals surface area contributed by atoms with Crippen molar-refractivity contribution in [2.75, 3.05) is 6.54 Å². The summed E-state index contributed by atoms with van der Waals surface area (Å²) in [6, 6.07) is 0. The van der Waals surface area contributed by atoms with Gasteiger partial charge < -0.3 is 5.11 Å². The highest BCUT2D eigenvalue weighted by atomic mass is 19.3. The van der Waals surface area contributed by atoms with Crippen LogP contribution in [0, 0.1) is 12.3 Å². The maximum absolute atomic E-state index is 12.5. The summed E-state index contributed by atoms with van der Waals surface area (Å²) in [5, 5.41) is 8.30. The molecule has 0 aliphatic carbocycles. The van der Waals surface area contributed by atoms with Crippen LogP contribution in [-0.4, -0.2) is 35.4 Å². The minimum Gasteiger partial charge on any atom is -0.465 e. The molecule has 1 N–H and O–H groups in total. The molecule has 1 atom stereocenters. The largest absolute Gasteiger partial charge is 0.465 e. The van der Waals surface area contributed by atoms with E-state index in [0.29, 0.717) is 0 Å². The Balaban J connectivity index is 4.25. The van der Waals surface area contributed by atoms with Crippen LogP contribution in [0.2, 0.25) is 0 Å². The van der Waals surface area contributed by atoms with Gasteiger partial charge >= 0.3 is 6.09 Å². The molecule has 0 aliphatic heterocycles. The molecule has 0 aromatic heterocycles. The molecular formula is C7H8F3NO2. The van der Waals surface area contributed by atoms with Crippen molar-refractivity contribution in [3.63, 3.8) is 0 Å². The highest BCUT2D eigenvalue weighted by Crippen LogP contribution is 2.11. The Bertz CT molecular complexity index is 214. The summed E-state index contributed by atoms with van der Waals surface area (Å²) in [5.74, 6) is 2.03. The summed E-state index contributed by atoms with van der Waals surface area (Å²) < 4.78 is 36.0. The number of halogens is 3. The van der Waals surface area contributed by atoms with Crippen LogP contribution in [0.1, 0.15) is 6.42 Å². The van der Waals surface area contributed by atoms with Crippen LogP contribution in [-0.2, 0) is 0 Å². The molecule has 0 aromatic carbocycles. The van der Waals surface area contributed by atoms with E-state index < -0.39 is 25.4 Å². The second-order valence-corrected chi connectivity index (χ2v) is 2.14. The van der Waals surface area contributed by atoms with Crippen LogP contribution >= 0.6 is 0 Å². The van der Waals surface area contributed by atoms with E-state index in [-0.39, 0.29) is 11.3 Å². The number of hydrogen-bond donors (Lipinski definition) is 1. The van der Waals surface area contributed by atoms with Gasteiger partial charge in [0, 0.05) is 13.0 Å². The Morgan fingerprint density at radius 2 is 2.08 bits per heavy atom. The van der Waals surface area contributed by atoms with E-state index in [1.54, 1.807) is 0 Å². The Hall–Kier alpha value is -1.38. The predicted molar refractivity (Wildman–Crippen MR) is 39.1 cm³/mol. The van der Waals surface area contributed by atoms with E-state index in [1.807, 2.05) is 5.92 Å². The van der Waals surface area contributed by atoms with Crippen LogP contribution < -0.4 is 0 Å². The quantitative estimate of drug-likeness (QED) is 0.546. The Morgan fingerprint density at radius 1 is 1.54 bits per heavy atom. The van der Waals surface area contributed by atoms with Gasteiger partial charge in [0.15, 0.2) is 0 Å². The van der Waals surface area contributed by atoms with Crippen molar-refractivity contribution in [3.05, 3.63) is 0 Å². The van der Waals surface area contributed by atoms with E-state index >= 15 is 0 Å². The lowest BCUT2D eigenvalue weighted by Gasteiger charge is -2.21. The number of carboxylic acid groups (broad SMARTS) is 1. The van der Waals surface area contributed by atoms with Crippen molar-refractivity contribution in [2.45, 2.75) is 19.1 Å². The number of alkyl halides is 3. The molecule has 0 spiro atoms. The zero-order valence-corrected chi connectivity index (χ0v) is 6.58. The minimum absolute atomic E-state index is 0.0233. The lowest BCUT2D eigenvalue weighted by molar-refractivity contribution is -0.0376. The smallest absolute Gasteiger partial charge is 0.409 e. The number of carbonyl (C=O) groups is 1. The maximum atomic E-state index is 12.5. The van der Waals surface area contributed by atoms with Crippen molar-refractivity contribution in [1.82, 2.24) is 4.90 Å². The van der Waals surface area contributed by atoms with E-state index in [0.717, 1.165) is 0 Å². The summed E-state index contributed by atoms with van der Waals surface area (Å²) in [7, 11) is 0. The van der Waals surface area contributed by atoms with Gasteiger partial charge in [-0.05, 0) is 0 Å². The molecule has 0 radical (unpaired) electrons. The van der Waals surface area contributed by atoms with Gasteiger partial charge in [-0.2, -0.15) is 0 Å². The third-order valence-corrected chi connectivity index (χ3v) is 1.25. The van der Waals surface area contributed by atoms with Crippen molar-refractivity contribution >= 4 is 6.09 Å². The summed E-state index contributed by atoms with van der Waals surface area (Å²) >= 11 is 0. The fourth-order valence-electron chi connectivity index (χ4n) is 0.646. The van der Waals surface area contributed by atoms with Gasteiger partial charge in [-0.3, -0.25) is 4.90 Å². The van der Waals surface area contributed by atoms with E-state index in [4.69, 9.17) is 11.5 Å². The molecule has 3 nitrogen and oxygen atoms in total. The first-order valence-corrected chi connectivity index (χ1v) is 3.36. The number of hydrogen-bond acceptors (Lipinski definition) is 1. The normalized spacial score (nSPS) is 12.2. The van der Waals surface area contributed by atoms with Crippen LogP contribution in [0.15, 0.2) is 0 Å². The monoisotopic (exact) mass is 195 g/mol. The van der Waals surface area contributed by atoms with E-state index in [2.05, 4.69) is 0 Å². The third kappa shape index (κ3) is 3.69. The molecule has 1 amide bonds. The van der Waals surface area contributed by atoms with Crippen molar-refractivity contribution < 1.29 is 23.1 Å². The lowest BCUT2D eigenvalue weighted by Crippen LogP contribution is -2.41. The molecule has 1 unspecified atom stereocenters. The van der Waals surface area contributed by atoms with Gasteiger partial charge in [0.2, 0.25) is 6.30 Å². The van der Waals surface area contributed by atoms with E-state index in [1.165, 1.54) is 0 Å². The third-order valence-electron chi connectivity index (χ3n) is 1.25. The number of rotatable bonds is 4.